The van der Waals surface area contributed by atoms with Crippen LogP contribution in [0.5, 0.6) is 0 Å². The van der Waals surface area contributed by atoms with Gasteiger partial charge >= 0.3 is 0 Å². The summed E-state index contributed by atoms with van der Waals surface area (Å²) in [5.41, 5.74) is 0.908. The normalized spacial score (nSPS) is 11.9. The minimum absolute atomic E-state index is 0.323. The molecule has 0 aliphatic rings. The van der Waals surface area contributed by atoms with Crippen LogP contribution < -0.4 is 4.72 Å². The maximum absolute atomic E-state index is 12.0. The van der Waals surface area contributed by atoms with Crippen molar-refractivity contribution in [3.63, 3.8) is 0 Å². The average molecular weight is 297 g/mol. The summed E-state index contributed by atoms with van der Waals surface area (Å²) in [5.74, 6) is 0. The number of rotatable bonds is 6. The van der Waals surface area contributed by atoms with E-state index in [1.54, 1.807) is 23.7 Å². The summed E-state index contributed by atoms with van der Waals surface area (Å²) in [7, 11) is -2.05. The molecule has 1 N–H and O–H groups in total. The van der Waals surface area contributed by atoms with E-state index >= 15 is 0 Å². The van der Waals surface area contributed by atoms with Gasteiger partial charge < -0.3 is 0 Å². The van der Waals surface area contributed by atoms with Crippen LogP contribution >= 0.6 is 11.3 Å². The Morgan fingerprint density at radius 2 is 2.00 bits per heavy atom. The van der Waals surface area contributed by atoms with Crippen molar-refractivity contribution in [1.29, 1.82) is 0 Å². The molecular formula is C12H15N3O2S2. The number of hydrogen-bond donors (Lipinski definition) is 1. The third kappa shape index (κ3) is 3.84. The first-order chi connectivity index (χ1) is 9.12. The van der Waals surface area contributed by atoms with Gasteiger partial charge in [-0.1, -0.05) is 6.07 Å². The molecule has 0 spiro atoms. The molecule has 2 rings (SSSR count). The van der Waals surface area contributed by atoms with Crippen LogP contribution in [0, 0.1) is 0 Å². The largest absolute Gasteiger partial charge is 0.279 e. The average Bonchev–Trinajstić information content (AvgIpc) is 2.92. The van der Waals surface area contributed by atoms with Gasteiger partial charge in [-0.3, -0.25) is 4.98 Å². The van der Waals surface area contributed by atoms with Gasteiger partial charge in [0.15, 0.2) is 0 Å². The molecule has 0 bridgehead atoms. The first-order valence-corrected chi connectivity index (χ1v) is 8.03. The van der Waals surface area contributed by atoms with Gasteiger partial charge in [0.05, 0.1) is 0 Å². The zero-order chi connectivity index (χ0) is 13.7. The van der Waals surface area contributed by atoms with Crippen LogP contribution in [0.1, 0.15) is 10.4 Å². The summed E-state index contributed by atoms with van der Waals surface area (Å²) in [4.78, 5) is 4.94. The molecule has 0 atom stereocenters. The molecule has 0 radical (unpaired) electrons. The van der Waals surface area contributed by atoms with E-state index in [1.807, 2.05) is 29.6 Å². The first-order valence-electron chi connectivity index (χ1n) is 5.72. The molecule has 0 aliphatic heterocycles. The molecule has 0 aliphatic carbocycles. The third-order valence-electron chi connectivity index (χ3n) is 2.62. The van der Waals surface area contributed by atoms with Crippen molar-refractivity contribution in [1.82, 2.24) is 14.0 Å². The highest BCUT2D eigenvalue weighted by molar-refractivity contribution is 7.87. The predicted molar refractivity (Wildman–Crippen MR) is 75.8 cm³/mol. The van der Waals surface area contributed by atoms with Crippen molar-refractivity contribution in [2.24, 2.45) is 0 Å². The molecule has 19 heavy (non-hydrogen) atoms. The molecule has 2 aromatic heterocycles. The van der Waals surface area contributed by atoms with E-state index in [4.69, 9.17) is 0 Å². The lowest BCUT2D eigenvalue weighted by atomic mass is 10.3. The second-order valence-corrected chi connectivity index (χ2v) is 6.82. The molecule has 2 aromatic rings. The van der Waals surface area contributed by atoms with E-state index in [9.17, 15) is 8.42 Å². The standard InChI is InChI=1S/C12H15N3O2S2/c1-13-19(16,17)15(10-12-3-2-8-18-12)9-11-4-6-14-7-5-11/h2-8,13H,9-10H2,1H3. The van der Waals surface area contributed by atoms with Gasteiger partial charge in [0.2, 0.25) is 0 Å². The third-order valence-corrected chi connectivity index (χ3v) is 4.93. The number of aromatic nitrogens is 1. The Hall–Kier alpha value is -1.28. The Labute approximate surface area is 117 Å². The Balaban J connectivity index is 2.20. The number of hydrogen-bond acceptors (Lipinski definition) is 4. The molecule has 102 valence electrons. The van der Waals surface area contributed by atoms with E-state index in [1.165, 1.54) is 11.4 Å². The topological polar surface area (TPSA) is 62.3 Å². The minimum atomic E-state index is -3.46. The lowest BCUT2D eigenvalue weighted by Crippen LogP contribution is -2.37. The number of pyridine rings is 1. The zero-order valence-electron chi connectivity index (χ0n) is 10.5. The Morgan fingerprint density at radius 1 is 1.26 bits per heavy atom. The maximum atomic E-state index is 12.0. The summed E-state index contributed by atoms with van der Waals surface area (Å²) in [6.07, 6.45) is 3.31. The first kappa shape index (κ1) is 14.1. The van der Waals surface area contributed by atoms with Gasteiger partial charge in [-0.25, -0.2) is 4.72 Å². The van der Waals surface area contributed by atoms with Crippen LogP contribution in [-0.2, 0) is 23.3 Å². The Morgan fingerprint density at radius 3 is 2.58 bits per heavy atom. The highest BCUT2D eigenvalue weighted by atomic mass is 32.2. The van der Waals surface area contributed by atoms with Crippen LogP contribution in [0.25, 0.3) is 0 Å². The molecule has 2 heterocycles. The monoisotopic (exact) mass is 297 g/mol. The van der Waals surface area contributed by atoms with E-state index in [2.05, 4.69) is 9.71 Å². The SMILES string of the molecule is CNS(=O)(=O)N(Cc1ccncc1)Cc1cccs1. The molecule has 5 nitrogen and oxygen atoms in total. The lowest BCUT2D eigenvalue weighted by molar-refractivity contribution is 0.398. The summed E-state index contributed by atoms with van der Waals surface area (Å²) >= 11 is 1.54. The second-order valence-electron chi connectivity index (χ2n) is 3.91. The van der Waals surface area contributed by atoms with Crippen LogP contribution in [0.3, 0.4) is 0 Å². The molecule has 0 unspecified atom stereocenters. The van der Waals surface area contributed by atoms with Gasteiger partial charge in [0, 0.05) is 37.4 Å². The van der Waals surface area contributed by atoms with Crippen LogP contribution in [-0.4, -0.2) is 24.8 Å². The van der Waals surface area contributed by atoms with Gasteiger partial charge in [-0.15, -0.1) is 11.3 Å². The van der Waals surface area contributed by atoms with Crippen LogP contribution in [0.2, 0.25) is 0 Å². The van der Waals surface area contributed by atoms with Gasteiger partial charge in [0.25, 0.3) is 10.2 Å². The van der Waals surface area contributed by atoms with Gasteiger partial charge in [0.1, 0.15) is 0 Å². The summed E-state index contributed by atoms with van der Waals surface area (Å²) in [6.45, 7) is 0.687. The minimum Gasteiger partial charge on any atom is -0.265 e. The zero-order valence-corrected chi connectivity index (χ0v) is 12.1. The predicted octanol–water partition coefficient (Wildman–Crippen LogP) is 1.61. The number of nitrogens with zero attached hydrogens (tertiary/aromatic N) is 2. The van der Waals surface area contributed by atoms with Crippen molar-refractivity contribution in [3.05, 3.63) is 52.5 Å². The van der Waals surface area contributed by atoms with E-state index in [0.29, 0.717) is 13.1 Å². The molecular weight excluding hydrogens is 282 g/mol. The molecule has 0 saturated heterocycles. The molecule has 0 aromatic carbocycles. The van der Waals surface area contributed by atoms with Crippen LogP contribution in [0.4, 0.5) is 0 Å². The fourth-order valence-electron chi connectivity index (χ4n) is 1.62. The van der Waals surface area contributed by atoms with E-state index < -0.39 is 10.2 Å². The second kappa shape index (κ2) is 6.25. The summed E-state index contributed by atoms with van der Waals surface area (Å²) in [6, 6.07) is 7.46. The van der Waals surface area contributed by atoms with Crippen molar-refractivity contribution < 1.29 is 8.42 Å². The summed E-state index contributed by atoms with van der Waals surface area (Å²) in [5, 5.41) is 1.94. The van der Waals surface area contributed by atoms with E-state index in [0.717, 1.165) is 10.4 Å². The highest BCUT2D eigenvalue weighted by Gasteiger charge is 2.20. The molecule has 0 saturated carbocycles. The van der Waals surface area contributed by atoms with Crippen molar-refractivity contribution in [2.45, 2.75) is 13.1 Å². The van der Waals surface area contributed by atoms with Crippen molar-refractivity contribution >= 4 is 21.5 Å². The van der Waals surface area contributed by atoms with Crippen LogP contribution in [0.15, 0.2) is 42.0 Å². The number of nitrogens with one attached hydrogen (secondary N) is 1. The van der Waals surface area contributed by atoms with Gasteiger partial charge in [-0.05, 0) is 29.1 Å². The fourth-order valence-corrected chi connectivity index (χ4v) is 3.31. The Bertz CT molecular complexity index is 597. The molecule has 7 heteroatoms. The highest BCUT2D eigenvalue weighted by Crippen LogP contribution is 2.16. The number of thiophene rings is 1. The molecule has 0 fully saturated rings. The van der Waals surface area contributed by atoms with E-state index in [-0.39, 0.29) is 0 Å². The maximum Gasteiger partial charge on any atom is 0.279 e. The fraction of sp³-hybridized carbons (Fsp3) is 0.250. The summed E-state index contributed by atoms with van der Waals surface area (Å²) < 4.78 is 27.8. The quantitative estimate of drug-likeness (QED) is 0.881. The van der Waals surface area contributed by atoms with Crippen molar-refractivity contribution in [3.8, 4) is 0 Å². The van der Waals surface area contributed by atoms with Gasteiger partial charge in [-0.2, -0.15) is 12.7 Å². The molecule has 0 amide bonds. The Kier molecular flexibility index (Phi) is 4.65. The van der Waals surface area contributed by atoms with Crippen molar-refractivity contribution in [2.75, 3.05) is 7.05 Å². The lowest BCUT2D eigenvalue weighted by Gasteiger charge is -2.20. The smallest absolute Gasteiger partial charge is 0.265 e.